The average Bonchev–Trinajstić information content (AvgIpc) is 2.42. The van der Waals surface area contributed by atoms with E-state index in [1.165, 1.54) is 25.4 Å². The summed E-state index contributed by atoms with van der Waals surface area (Å²) in [5.74, 6) is -2.48. The first kappa shape index (κ1) is 12.9. The fourth-order valence-corrected chi connectivity index (χ4v) is 1.34. The number of hydrogen-bond donors (Lipinski definition) is 1. The van der Waals surface area contributed by atoms with Crippen LogP contribution in [-0.2, 0) is 4.74 Å². The Morgan fingerprint density at radius 3 is 2.74 bits per heavy atom. The molecule has 19 heavy (non-hydrogen) atoms. The van der Waals surface area contributed by atoms with Gasteiger partial charge in [0.2, 0.25) is 5.95 Å². The van der Waals surface area contributed by atoms with Crippen LogP contribution in [0.15, 0.2) is 30.5 Å². The fourth-order valence-electron chi connectivity index (χ4n) is 1.34. The third kappa shape index (κ3) is 3.01. The molecule has 98 valence electrons. The van der Waals surface area contributed by atoms with Crippen molar-refractivity contribution in [3.05, 3.63) is 47.8 Å². The zero-order chi connectivity index (χ0) is 13.8. The van der Waals surface area contributed by atoms with E-state index in [1.807, 2.05) is 0 Å². The second-order valence-electron chi connectivity index (χ2n) is 3.51. The van der Waals surface area contributed by atoms with Crippen LogP contribution in [-0.4, -0.2) is 23.0 Å². The summed E-state index contributed by atoms with van der Waals surface area (Å²) in [4.78, 5) is 19.0. The molecule has 0 aliphatic carbocycles. The van der Waals surface area contributed by atoms with Crippen molar-refractivity contribution in [2.24, 2.45) is 0 Å². The molecular weight excluding hydrogens is 256 g/mol. The molecule has 0 bridgehead atoms. The second-order valence-corrected chi connectivity index (χ2v) is 3.51. The zero-order valence-corrected chi connectivity index (χ0v) is 9.85. The van der Waals surface area contributed by atoms with Crippen molar-refractivity contribution in [1.29, 1.82) is 0 Å². The molecule has 0 atom stereocenters. The summed E-state index contributed by atoms with van der Waals surface area (Å²) >= 11 is 0. The topological polar surface area (TPSA) is 64.1 Å². The molecule has 2 aromatic rings. The highest BCUT2D eigenvalue weighted by molar-refractivity contribution is 5.87. The maximum Gasteiger partial charge on any atom is 0.356 e. The largest absolute Gasteiger partial charge is 0.464 e. The first-order valence-electron chi connectivity index (χ1n) is 5.23. The van der Waals surface area contributed by atoms with Crippen LogP contribution in [0.3, 0.4) is 0 Å². The lowest BCUT2D eigenvalue weighted by Gasteiger charge is -2.06. The van der Waals surface area contributed by atoms with Crippen LogP contribution in [0.25, 0.3) is 0 Å². The van der Waals surface area contributed by atoms with Gasteiger partial charge < -0.3 is 10.1 Å². The first-order chi connectivity index (χ1) is 9.10. The van der Waals surface area contributed by atoms with E-state index >= 15 is 0 Å². The molecule has 0 spiro atoms. The highest BCUT2D eigenvalue weighted by Gasteiger charge is 2.09. The third-order valence-electron chi connectivity index (χ3n) is 2.23. The highest BCUT2D eigenvalue weighted by Crippen LogP contribution is 2.16. The summed E-state index contributed by atoms with van der Waals surface area (Å²) in [7, 11) is 1.23. The Morgan fingerprint density at radius 1 is 1.26 bits per heavy atom. The van der Waals surface area contributed by atoms with E-state index in [2.05, 4.69) is 20.0 Å². The Hall–Kier alpha value is -2.57. The lowest BCUT2D eigenvalue weighted by Crippen LogP contribution is -2.07. The minimum Gasteiger partial charge on any atom is -0.464 e. The Balaban J connectivity index is 2.23. The van der Waals surface area contributed by atoms with Gasteiger partial charge in [0.15, 0.2) is 17.3 Å². The highest BCUT2D eigenvalue weighted by atomic mass is 19.2. The number of carbonyl (C=O) groups is 1. The number of nitrogens with zero attached hydrogens (tertiary/aromatic N) is 2. The molecular formula is C12H9F2N3O2. The van der Waals surface area contributed by atoms with E-state index in [0.717, 1.165) is 12.1 Å². The summed E-state index contributed by atoms with van der Waals surface area (Å²) in [5.41, 5.74) is 0.323. The standard InChI is InChI=1S/C12H9F2N3O2/c1-19-11(18)10-4-5-15-12(17-10)16-7-2-3-8(13)9(14)6-7/h2-6H,1H3,(H,15,16,17). The molecule has 0 saturated heterocycles. The van der Waals surface area contributed by atoms with Gasteiger partial charge in [0.25, 0.3) is 0 Å². The first-order valence-corrected chi connectivity index (χ1v) is 5.23. The number of nitrogens with one attached hydrogen (secondary N) is 1. The molecule has 1 aromatic carbocycles. The number of halogens is 2. The molecule has 5 nitrogen and oxygen atoms in total. The summed E-state index contributed by atoms with van der Waals surface area (Å²) in [6.07, 6.45) is 1.35. The van der Waals surface area contributed by atoms with Crippen LogP contribution in [0.2, 0.25) is 0 Å². The van der Waals surface area contributed by atoms with Gasteiger partial charge in [-0.3, -0.25) is 0 Å². The molecule has 0 aliphatic rings. The van der Waals surface area contributed by atoms with E-state index in [0.29, 0.717) is 0 Å². The van der Waals surface area contributed by atoms with Gasteiger partial charge in [-0.25, -0.2) is 23.5 Å². The summed E-state index contributed by atoms with van der Waals surface area (Å²) < 4.78 is 30.3. The molecule has 0 fully saturated rings. The van der Waals surface area contributed by atoms with Crippen molar-refractivity contribution in [3.63, 3.8) is 0 Å². The summed E-state index contributed by atoms with van der Waals surface area (Å²) in [5, 5.41) is 2.65. The number of benzene rings is 1. The van der Waals surface area contributed by atoms with Crippen LogP contribution >= 0.6 is 0 Å². The minimum absolute atomic E-state index is 0.0579. The number of methoxy groups -OCH3 is 1. The van der Waals surface area contributed by atoms with E-state index < -0.39 is 17.6 Å². The number of carbonyl (C=O) groups excluding carboxylic acids is 1. The summed E-state index contributed by atoms with van der Waals surface area (Å²) in [6.45, 7) is 0. The molecule has 0 radical (unpaired) electrons. The molecule has 7 heteroatoms. The maximum absolute atomic E-state index is 13.0. The van der Waals surface area contributed by atoms with Crippen molar-refractivity contribution in [2.75, 3.05) is 12.4 Å². The van der Waals surface area contributed by atoms with Crippen molar-refractivity contribution in [3.8, 4) is 0 Å². The Bertz CT molecular complexity index is 620. The van der Waals surface area contributed by atoms with E-state index in [1.54, 1.807) is 0 Å². The third-order valence-corrected chi connectivity index (χ3v) is 2.23. The van der Waals surface area contributed by atoms with Gasteiger partial charge in [-0.15, -0.1) is 0 Å². The van der Waals surface area contributed by atoms with Crippen molar-refractivity contribution < 1.29 is 18.3 Å². The number of hydrogen-bond acceptors (Lipinski definition) is 5. The lowest BCUT2D eigenvalue weighted by atomic mass is 10.3. The van der Waals surface area contributed by atoms with E-state index in [9.17, 15) is 13.6 Å². The van der Waals surface area contributed by atoms with Crippen LogP contribution in [0.4, 0.5) is 20.4 Å². The molecule has 0 unspecified atom stereocenters. The Morgan fingerprint density at radius 2 is 2.05 bits per heavy atom. The molecule has 1 aromatic heterocycles. The number of anilines is 2. The Kier molecular flexibility index (Phi) is 3.65. The second kappa shape index (κ2) is 5.38. The molecule has 1 heterocycles. The van der Waals surface area contributed by atoms with Crippen molar-refractivity contribution >= 4 is 17.6 Å². The summed E-state index contributed by atoms with van der Waals surface area (Å²) in [6, 6.07) is 4.64. The fraction of sp³-hybridized carbons (Fsp3) is 0.0833. The molecule has 0 amide bonds. The number of esters is 1. The van der Waals surface area contributed by atoms with Crippen molar-refractivity contribution in [2.45, 2.75) is 0 Å². The minimum atomic E-state index is -0.992. The predicted molar refractivity (Wildman–Crippen MR) is 63.0 cm³/mol. The number of aromatic nitrogens is 2. The van der Waals surface area contributed by atoms with Crippen molar-refractivity contribution in [1.82, 2.24) is 9.97 Å². The van der Waals surface area contributed by atoms with Gasteiger partial charge in [0.05, 0.1) is 7.11 Å². The predicted octanol–water partition coefficient (Wildman–Crippen LogP) is 2.29. The molecule has 0 saturated carbocycles. The maximum atomic E-state index is 13.0. The van der Waals surface area contributed by atoms with Crippen LogP contribution in [0.5, 0.6) is 0 Å². The van der Waals surface area contributed by atoms with Crippen LogP contribution in [0.1, 0.15) is 10.5 Å². The van der Waals surface area contributed by atoms with Gasteiger partial charge in [-0.05, 0) is 18.2 Å². The Labute approximate surface area is 107 Å². The van der Waals surface area contributed by atoms with Gasteiger partial charge in [-0.2, -0.15) is 0 Å². The number of rotatable bonds is 3. The SMILES string of the molecule is COC(=O)c1ccnc(Nc2ccc(F)c(F)c2)n1. The molecule has 0 aliphatic heterocycles. The van der Waals surface area contributed by atoms with Gasteiger partial charge in [0, 0.05) is 18.0 Å². The lowest BCUT2D eigenvalue weighted by molar-refractivity contribution is 0.0594. The number of ether oxygens (including phenoxy) is 1. The van der Waals surface area contributed by atoms with Gasteiger partial charge in [0.1, 0.15) is 0 Å². The average molecular weight is 265 g/mol. The van der Waals surface area contributed by atoms with Gasteiger partial charge in [-0.1, -0.05) is 0 Å². The quantitative estimate of drug-likeness (QED) is 0.862. The molecule has 2 rings (SSSR count). The van der Waals surface area contributed by atoms with E-state index in [-0.39, 0.29) is 17.3 Å². The van der Waals surface area contributed by atoms with Crippen LogP contribution in [0, 0.1) is 11.6 Å². The van der Waals surface area contributed by atoms with Gasteiger partial charge >= 0.3 is 5.97 Å². The monoisotopic (exact) mass is 265 g/mol. The molecule has 1 N–H and O–H groups in total. The van der Waals surface area contributed by atoms with Crippen LogP contribution < -0.4 is 5.32 Å². The zero-order valence-electron chi connectivity index (χ0n) is 9.85. The normalized spacial score (nSPS) is 10.1. The van der Waals surface area contributed by atoms with E-state index in [4.69, 9.17) is 0 Å². The smallest absolute Gasteiger partial charge is 0.356 e.